The molecule has 0 spiro atoms. The van der Waals surface area contributed by atoms with E-state index in [-0.39, 0.29) is 11.5 Å². The van der Waals surface area contributed by atoms with Gasteiger partial charge >= 0.3 is 6.18 Å². The van der Waals surface area contributed by atoms with E-state index in [2.05, 4.69) is 0 Å². The molecule has 0 saturated carbocycles. The molecule has 0 fully saturated rings. The molecule has 1 heterocycles. The summed E-state index contributed by atoms with van der Waals surface area (Å²) in [6.07, 6.45) is -4.79. The molecule has 146 valence electrons. The highest BCUT2D eigenvalue weighted by atomic mass is 19.4. The van der Waals surface area contributed by atoms with E-state index in [1.165, 1.54) is 11.5 Å². The van der Waals surface area contributed by atoms with Crippen LogP contribution in [0.4, 0.5) is 18.9 Å². The summed E-state index contributed by atoms with van der Waals surface area (Å²) in [6, 6.07) is 14.4. The molecule has 4 aromatic rings. The number of carbonyl (C=O) groups is 1. The fraction of sp³-hybridized carbons (Fsp3) is 0.0952. The number of fused-ring (bicyclic) bond motifs is 3. The van der Waals surface area contributed by atoms with Crippen molar-refractivity contribution >= 4 is 33.3 Å². The summed E-state index contributed by atoms with van der Waals surface area (Å²) in [5.74, 6) is -0.157. The quantitative estimate of drug-likeness (QED) is 0.245. The first-order valence-corrected chi connectivity index (χ1v) is 8.58. The van der Waals surface area contributed by atoms with Crippen LogP contribution in [0.15, 0.2) is 60.7 Å². The number of nitrogens with zero attached hydrogens (tertiary/aromatic N) is 2. The van der Waals surface area contributed by atoms with Crippen molar-refractivity contribution in [1.82, 2.24) is 4.57 Å². The maximum atomic E-state index is 13.8. The molecule has 1 aromatic heterocycles. The lowest BCUT2D eigenvalue weighted by molar-refractivity contribution is -0.385. The fourth-order valence-corrected chi connectivity index (χ4v) is 3.51. The molecule has 0 aliphatic heterocycles. The minimum absolute atomic E-state index is 0.157. The minimum Gasteiger partial charge on any atom is -0.309 e. The summed E-state index contributed by atoms with van der Waals surface area (Å²) in [5, 5.41) is 12.3. The highest BCUT2D eigenvalue weighted by Crippen LogP contribution is 2.40. The van der Waals surface area contributed by atoms with Crippen LogP contribution in [0.25, 0.3) is 27.5 Å². The van der Waals surface area contributed by atoms with Gasteiger partial charge in [-0.25, -0.2) is 0 Å². The number of nitro benzene ring substituents is 1. The number of ketones is 1. The van der Waals surface area contributed by atoms with Crippen molar-refractivity contribution in [2.24, 2.45) is 0 Å². The van der Waals surface area contributed by atoms with Crippen molar-refractivity contribution in [3.63, 3.8) is 0 Å². The van der Waals surface area contributed by atoms with Gasteiger partial charge in [0.15, 0.2) is 5.78 Å². The van der Waals surface area contributed by atoms with Gasteiger partial charge in [0, 0.05) is 28.5 Å². The SMILES string of the molecule is CC(=O)c1ccc2c(c1)c1ccccc1n2-c1ccc([N+](=O)[O-])cc1C(F)(F)F. The maximum Gasteiger partial charge on any atom is 0.418 e. The fourth-order valence-electron chi connectivity index (χ4n) is 3.51. The van der Waals surface area contributed by atoms with Crippen molar-refractivity contribution in [2.75, 3.05) is 0 Å². The van der Waals surface area contributed by atoms with Crippen molar-refractivity contribution in [2.45, 2.75) is 13.1 Å². The second-order valence-electron chi connectivity index (χ2n) is 6.60. The average molecular weight is 398 g/mol. The van der Waals surface area contributed by atoms with Gasteiger partial charge in [0.05, 0.1) is 27.2 Å². The van der Waals surface area contributed by atoms with Crippen molar-refractivity contribution in [3.8, 4) is 5.69 Å². The van der Waals surface area contributed by atoms with Gasteiger partial charge in [-0.05, 0) is 37.3 Å². The second kappa shape index (κ2) is 6.44. The Balaban J connectivity index is 2.14. The Morgan fingerprint density at radius 1 is 0.966 bits per heavy atom. The number of carbonyl (C=O) groups excluding carboxylic acids is 1. The molecule has 29 heavy (non-hydrogen) atoms. The maximum absolute atomic E-state index is 13.8. The molecule has 0 aliphatic carbocycles. The normalized spacial score (nSPS) is 11.9. The Morgan fingerprint density at radius 3 is 2.31 bits per heavy atom. The number of hydrogen-bond donors (Lipinski definition) is 0. The number of hydrogen-bond acceptors (Lipinski definition) is 3. The predicted molar refractivity (Wildman–Crippen MR) is 102 cm³/mol. The standard InChI is InChI=1S/C21H13F3N2O3/c1-12(27)13-6-8-19-16(10-13)15-4-2-3-5-18(15)25(19)20-9-7-14(26(28)29)11-17(20)21(22,23)24/h2-11H,1H3. The number of aromatic nitrogens is 1. The lowest BCUT2D eigenvalue weighted by Crippen LogP contribution is -2.11. The van der Waals surface area contributed by atoms with Gasteiger partial charge in [0.25, 0.3) is 5.69 Å². The van der Waals surface area contributed by atoms with E-state index in [9.17, 15) is 28.1 Å². The third-order valence-corrected chi connectivity index (χ3v) is 4.82. The van der Waals surface area contributed by atoms with Crippen LogP contribution >= 0.6 is 0 Å². The zero-order chi connectivity index (χ0) is 20.9. The number of Topliss-reactive ketones (excluding diaryl/α,β-unsaturated/α-hetero) is 1. The number of non-ortho nitro benzene ring substituents is 1. The second-order valence-corrected chi connectivity index (χ2v) is 6.60. The third kappa shape index (κ3) is 3.02. The molecule has 0 unspecified atom stereocenters. The zero-order valence-corrected chi connectivity index (χ0v) is 15.0. The Hall–Kier alpha value is -3.68. The lowest BCUT2D eigenvalue weighted by atomic mass is 10.1. The Labute approximate surface area is 162 Å². The lowest BCUT2D eigenvalue weighted by Gasteiger charge is -2.15. The van der Waals surface area contributed by atoms with Crippen LogP contribution in [0.3, 0.4) is 0 Å². The molecular formula is C21H13F3N2O3. The first-order chi connectivity index (χ1) is 13.7. The highest BCUT2D eigenvalue weighted by molar-refractivity contribution is 6.11. The smallest absolute Gasteiger partial charge is 0.309 e. The van der Waals surface area contributed by atoms with Crippen LogP contribution in [0.2, 0.25) is 0 Å². The topological polar surface area (TPSA) is 65.1 Å². The molecule has 0 radical (unpaired) electrons. The summed E-state index contributed by atoms with van der Waals surface area (Å²) in [6.45, 7) is 1.42. The molecular weight excluding hydrogens is 385 g/mol. The Kier molecular flexibility index (Phi) is 4.15. The number of para-hydroxylation sites is 1. The van der Waals surface area contributed by atoms with Crippen LogP contribution in [-0.4, -0.2) is 15.3 Å². The van der Waals surface area contributed by atoms with Gasteiger partial charge in [-0.1, -0.05) is 18.2 Å². The van der Waals surface area contributed by atoms with Gasteiger partial charge < -0.3 is 4.57 Å². The van der Waals surface area contributed by atoms with Crippen LogP contribution < -0.4 is 0 Å². The average Bonchev–Trinajstić information content (AvgIpc) is 3.00. The van der Waals surface area contributed by atoms with Crippen LogP contribution in [0.5, 0.6) is 0 Å². The summed E-state index contributed by atoms with van der Waals surface area (Å²) < 4.78 is 42.7. The van der Waals surface area contributed by atoms with Crippen molar-refractivity contribution in [1.29, 1.82) is 0 Å². The molecule has 0 bridgehead atoms. The van der Waals surface area contributed by atoms with E-state index in [0.717, 1.165) is 12.1 Å². The van der Waals surface area contributed by atoms with Gasteiger partial charge in [-0.15, -0.1) is 0 Å². The third-order valence-electron chi connectivity index (χ3n) is 4.82. The monoisotopic (exact) mass is 398 g/mol. The van der Waals surface area contributed by atoms with E-state index in [1.807, 2.05) is 0 Å². The number of benzene rings is 3. The Morgan fingerprint density at radius 2 is 1.66 bits per heavy atom. The summed E-state index contributed by atoms with van der Waals surface area (Å²) in [7, 11) is 0. The van der Waals surface area contributed by atoms with E-state index in [0.29, 0.717) is 33.4 Å². The van der Waals surface area contributed by atoms with Crippen LogP contribution in [0.1, 0.15) is 22.8 Å². The highest BCUT2D eigenvalue weighted by Gasteiger charge is 2.36. The zero-order valence-electron chi connectivity index (χ0n) is 15.0. The van der Waals surface area contributed by atoms with Gasteiger partial charge in [0.2, 0.25) is 0 Å². The molecule has 0 aliphatic rings. The van der Waals surface area contributed by atoms with Crippen LogP contribution in [-0.2, 0) is 6.18 Å². The summed E-state index contributed by atoms with van der Waals surface area (Å²) in [5.41, 5.74) is -0.547. The first kappa shape index (κ1) is 18.7. The largest absolute Gasteiger partial charge is 0.418 e. The van der Waals surface area contributed by atoms with Gasteiger partial charge in [-0.2, -0.15) is 13.2 Å². The van der Waals surface area contributed by atoms with Gasteiger partial charge in [-0.3, -0.25) is 14.9 Å². The molecule has 0 amide bonds. The molecule has 3 aromatic carbocycles. The van der Waals surface area contributed by atoms with Crippen molar-refractivity contribution in [3.05, 3.63) is 81.9 Å². The van der Waals surface area contributed by atoms with E-state index in [1.54, 1.807) is 42.5 Å². The summed E-state index contributed by atoms with van der Waals surface area (Å²) in [4.78, 5) is 21.9. The molecule has 0 saturated heterocycles. The first-order valence-electron chi connectivity index (χ1n) is 8.58. The molecule has 5 nitrogen and oxygen atoms in total. The van der Waals surface area contributed by atoms with E-state index >= 15 is 0 Å². The molecule has 8 heteroatoms. The molecule has 0 N–H and O–H groups in total. The number of nitro groups is 1. The number of rotatable bonds is 3. The molecule has 4 rings (SSSR count). The number of alkyl halides is 3. The van der Waals surface area contributed by atoms with Crippen LogP contribution in [0, 0.1) is 10.1 Å². The summed E-state index contributed by atoms with van der Waals surface area (Å²) >= 11 is 0. The Bertz CT molecular complexity index is 1310. The minimum atomic E-state index is -4.79. The van der Waals surface area contributed by atoms with Crippen molar-refractivity contribution < 1.29 is 22.9 Å². The molecule has 0 atom stereocenters. The van der Waals surface area contributed by atoms with Gasteiger partial charge in [0.1, 0.15) is 0 Å². The van der Waals surface area contributed by atoms with E-state index < -0.39 is 22.4 Å². The number of halogens is 3. The van der Waals surface area contributed by atoms with E-state index in [4.69, 9.17) is 0 Å². The predicted octanol–water partition coefficient (Wildman–Crippen LogP) is 5.91.